The van der Waals surface area contributed by atoms with Crippen molar-refractivity contribution in [2.75, 3.05) is 0 Å². The molecule has 98 valence electrons. The van der Waals surface area contributed by atoms with Crippen LogP contribution in [-0.2, 0) is 13.1 Å². The highest BCUT2D eigenvalue weighted by atomic mass is 14.9. The molecule has 0 spiro atoms. The molecule has 0 aliphatic carbocycles. The Morgan fingerprint density at radius 1 is 0.700 bits per heavy atom. The molecule has 2 rings (SSSR count). The second-order valence-corrected chi connectivity index (χ2v) is 4.33. The van der Waals surface area contributed by atoms with Crippen LogP contribution in [0.3, 0.4) is 0 Å². The van der Waals surface area contributed by atoms with Crippen LogP contribution in [0.2, 0.25) is 0 Å². The van der Waals surface area contributed by atoms with Gasteiger partial charge >= 0.3 is 0 Å². The number of pyridine rings is 2. The predicted molar refractivity (Wildman–Crippen MR) is 78.4 cm³/mol. The monoisotopic (exact) mass is 262 g/mol. The van der Waals surface area contributed by atoms with E-state index >= 15 is 0 Å². The summed E-state index contributed by atoms with van der Waals surface area (Å²) in [4.78, 5) is 0. The highest BCUT2D eigenvalue weighted by molar-refractivity contribution is 5.42. The van der Waals surface area contributed by atoms with Crippen molar-refractivity contribution in [1.82, 2.24) is 0 Å². The molecule has 2 heterocycles. The summed E-state index contributed by atoms with van der Waals surface area (Å²) in [5, 5.41) is 0. The van der Waals surface area contributed by atoms with Gasteiger partial charge in [-0.3, -0.25) is 0 Å². The average Bonchev–Trinajstić information content (AvgIpc) is 2.53. The fourth-order valence-corrected chi connectivity index (χ4v) is 1.71. The zero-order valence-electron chi connectivity index (χ0n) is 11.9. The minimum atomic E-state index is 0.972. The number of aromatic nitrogens is 2. The molecule has 0 unspecified atom stereocenters. The summed E-state index contributed by atoms with van der Waals surface area (Å²) in [6, 6.07) is 8.02. The van der Waals surface area contributed by atoms with Crippen molar-refractivity contribution in [2.45, 2.75) is 26.9 Å². The van der Waals surface area contributed by atoms with Crippen molar-refractivity contribution in [2.24, 2.45) is 0 Å². The van der Waals surface area contributed by atoms with Gasteiger partial charge in [0.1, 0.15) is 13.1 Å². The van der Waals surface area contributed by atoms with Crippen LogP contribution in [0.5, 0.6) is 0 Å². The molecule has 20 heavy (non-hydrogen) atoms. The molecule has 0 amide bonds. The number of rotatable bonds is 2. The van der Waals surface area contributed by atoms with E-state index in [1.807, 2.05) is 49.1 Å². The van der Waals surface area contributed by atoms with Gasteiger partial charge in [-0.1, -0.05) is 11.8 Å². The van der Waals surface area contributed by atoms with Crippen LogP contribution in [0.4, 0.5) is 0 Å². The lowest BCUT2D eigenvalue weighted by molar-refractivity contribution is -0.693. The molecule has 0 saturated heterocycles. The molecule has 0 aliphatic rings. The van der Waals surface area contributed by atoms with Crippen molar-refractivity contribution in [3.05, 3.63) is 60.2 Å². The van der Waals surface area contributed by atoms with Crippen LogP contribution < -0.4 is 9.13 Å². The smallest absolute Gasteiger partial charge is 0.170 e. The minimum Gasteiger partial charge on any atom is -0.205 e. The average molecular weight is 262 g/mol. The Morgan fingerprint density at radius 2 is 1.05 bits per heavy atom. The summed E-state index contributed by atoms with van der Waals surface area (Å²) in [5.41, 5.74) is 1.97. The third kappa shape index (κ3) is 3.97. The predicted octanol–water partition coefficient (Wildman–Crippen LogP) is 1.70. The molecule has 0 aromatic carbocycles. The minimum absolute atomic E-state index is 0.972. The Balaban J connectivity index is 2.04. The van der Waals surface area contributed by atoms with Crippen LogP contribution in [0.1, 0.15) is 25.0 Å². The lowest BCUT2D eigenvalue weighted by Gasteiger charge is -1.90. The first-order valence-electron chi connectivity index (χ1n) is 6.82. The van der Waals surface area contributed by atoms with E-state index in [0.717, 1.165) is 24.2 Å². The lowest BCUT2D eigenvalue weighted by Crippen LogP contribution is -2.30. The Labute approximate surface area is 120 Å². The summed E-state index contributed by atoms with van der Waals surface area (Å²) in [5.74, 6) is 11.9. The van der Waals surface area contributed by atoms with E-state index in [0.29, 0.717) is 0 Å². The molecule has 0 aliphatic heterocycles. The molecule has 0 bridgehead atoms. The first-order chi connectivity index (χ1) is 9.81. The van der Waals surface area contributed by atoms with Gasteiger partial charge < -0.3 is 0 Å². The summed E-state index contributed by atoms with van der Waals surface area (Å²) in [6.45, 7) is 6.16. The maximum absolute atomic E-state index is 3.05. The number of hydrogen-bond donors (Lipinski definition) is 0. The summed E-state index contributed by atoms with van der Waals surface area (Å²) >= 11 is 0. The van der Waals surface area contributed by atoms with Gasteiger partial charge in [0.25, 0.3) is 0 Å². The quantitative estimate of drug-likeness (QED) is 0.575. The van der Waals surface area contributed by atoms with Gasteiger partial charge in [-0.15, -0.1) is 0 Å². The molecule has 2 heteroatoms. The summed E-state index contributed by atoms with van der Waals surface area (Å²) in [7, 11) is 0. The number of hydrogen-bond acceptors (Lipinski definition) is 0. The van der Waals surface area contributed by atoms with Crippen LogP contribution in [0, 0.1) is 23.7 Å². The van der Waals surface area contributed by atoms with Gasteiger partial charge in [0.05, 0.1) is 0 Å². The third-order valence-electron chi connectivity index (χ3n) is 2.99. The molecule has 0 radical (unpaired) electrons. The fourth-order valence-electron chi connectivity index (χ4n) is 1.71. The molecule has 0 fully saturated rings. The van der Waals surface area contributed by atoms with Gasteiger partial charge in [-0.05, 0) is 25.7 Å². The first kappa shape index (κ1) is 13.8. The Bertz CT molecular complexity index is 611. The van der Waals surface area contributed by atoms with Gasteiger partial charge in [0.15, 0.2) is 24.8 Å². The van der Waals surface area contributed by atoms with Gasteiger partial charge in [-0.25, -0.2) is 9.13 Å². The maximum atomic E-state index is 3.05. The largest absolute Gasteiger partial charge is 0.205 e. The second kappa shape index (κ2) is 7.12. The van der Waals surface area contributed by atoms with Crippen molar-refractivity contribution in [1.29, 1.82) is 0 Å². The second-order valence-electron chi connectivity index (χ2n) is 4.33. The van der Waals surface area contributed by atoms with Crippen molar-refractivity contribution < 1.29 is 9.13 Å². The first-order valence-corrected chi connectivity index (χ1v) is 6.82. The van der Waals surface area contributed by atoms with Gasteiger partial charge in [0.2, 0.25) is 0 Å². The van der Waals surface area contributed by atoms with Gasteiger partial charge in [0, 0.05) is 35.4 Å². The Kier molecular flexibility index (Phi) is 4.93. The van der Waals surface area contributed by atoms with E-state index in [2.05, 4.69) is 46.7 Å². The SMILES string of the molecule is CC[n+]1ccc(C#CC#Cc2cc[n+](CC)cc2)cc1. The van der Waals surface area contributed by atoms with Crippen molar-refractivity contribution >= 4 is 0 Å². The number of aryl methyl sites for hydroxylation is 2. The van der Waals surface area contributed by atoms with Crippen LogP contribution in [-0.4, -0.2) is 0 Å². The molecule has 2 aromatic rings. The highest BCUT2D eigenvalue weighted by Gasteiger charge is 1.94. The van der Waals surface area contributed by atoms with Crippen molar-refractivity contribution in [3.63, 3.8) is 0 Å². The van der Waals surface area contributed by atoms with Crippen molar-refractivity contribution in [3.8, 4) is 23.7 Å². The third-order valence-corrected chi connectivity index (χ3v) is 2.99. The standard InChI is InChI=1S/C18H18N2/c1-3-19-13-9-17(10-14-19)7-5-6-8-18-11-15-20(4-2)16-12-18/h9-16H,3-4H2,1-2H3/q+2. The number of nitrogens with zero attached hydrogens (tertiary/aromatic N) is 2. The normalized spacial score (nSPS) is 9.10. The summed E-state index contributed by atoms with van der Waals surface area (Å²) < 4.78 is 4.20. The zero-order chi connectivity index (χ0) is 14.2. The molecule has 2 nitrogen and oxygen atoms in total. The topological polar surface area (TPSA) is 7.76 Å². The highest BCUT2D eigenvalue weighted by Crippen LogP contribution is 1.92. The maximum Gasteiger partial charge on any atom is 0.170 e. The van der Waals surface area contributed by atoms with Crippen LogP contribution in [0.15, 0.2) is 49.1 Å². The van der Waals surface area contributed by atoms with E-state index < -0.39 is 0 Å². The lowest BCUT2D eigenvalue weighted by atomic mass is 10.2. The van der Waals surface area contributed by atoms with Crippen LogP contribution in [0.25, 0.3) is 0 Å². The summed E-state index contributed by atoms with van der Waals surface area (Å²) in [6.07, 6.45) is 8.10. The molecular weight excluding hydrogens is 244 g/mol. The molecular formula is C18H18N2+2. The van der Waals surface area contributed by atoms with Gasteiger partial charge in [-0.2, -0.15) is 0 Å². The molecule has 2 aromatic heterocycles. The molecule has 0 N–H and O–H groups in total. The van der Waals surface area contributed by atoms with E-state index in [4.69, 9.17) is 0 Å². The molecule has 0 atom stereocenters. The fraction of sp³-hybridized carbons (Fsp3) is 0.222. The Hall–Kier alpha value is -2.58. The van der Waals surface area contributed by atoms with E-state index in [1.54, 1.807) is 0 Å². The zero-order valence-corrected chi connectivity index (χ0v) is 11.9. The molecule has 0 saturated carbocycles. The van der Waals surface area contributed by atoms with E-state index in [-0.39, 0.29) is 0 Å². The Morgan fingerprint density at radius 3 is 1.35 bits per heavy atom. The van der Waals surface area contributed by atoms with E-state index in [1.165, 1.54) is 0 Å². The van der Waals surface area contributed by atoms with Crippen LogP contribution >= 0.6 is 0 Å². The van der Waals surface area contributed by atoms with E-state index in [9.17, 15) is 0 Å².